The Bertz CT molecular complexity index is 264. The first-order chi connectivity index (χ1) is 8.38. The number of hydrogen-bond donors (Lipinski definition) is 4. The van der Waals surface area contributed by atoms with Crippen molar-refractivity contribution in [2.75, 3.05) is 6.61 Å². The highest BCUT2D eigenvalue weighted by Gasteiger charge is 2.31. The molecular weight excluding hydrogens is 255 g/mol. The standard InChI is InChI=1S/C6H14O2.C5H9BO5/c1-5(2,7)6(3,4)8;1-5(7)10-3-2-4-11-6(8)9/h7-8H,1-4H3;2,4,8-9H,3H2,1H3. The van der Waals surface area contributed by atoms with Gasteiger partial charge in [-0.15, -0.1) is 0 Å². The van der Waals surface area contributed by atoms with E-state index < -0.39 is 24.5 Å². The van der Waals surface area contributed by atoms with Gasteiger partial charge in [-0.3, -0.25) is 4.79 Å². The van der Waals surface area contributed by atoms with Crippen LogP contribution < -0.4 is 0 Å². The van der Waals surface area contributed by atoms with Crippen LogP contribution in [-0.4, -0.2) is 51.4 Å². The van der Waals surface area contributed by atoms with Crippen molar-refractivity contribution in [3.63, 3.8) is 0 Å². The maximum absolute atomic E-state index is 10.1. The highest BCUT2D eigenvalue weighted by Crippen LogP contribution is 2.19. The molecule has 8 heteroatoms. The monoisotopic (exact) mass is 278 g/mol. The quantitative estimate of drug-likeness (QED) is 0.306. The van der Waals surface area contributed by atoms with Crippen LogP contribution in [0.3, 0.4) is 0 Å². The molecule has 4 N–H and O–H groups in total. The molecule has 0 heterocycles. The Labute approximate surface area is 113 Å². The van der Waals surface area contributed by atoms with Crippen LogP contribution in [0.25, 0.3) is 0 Å². The molecule has 0 atom stereocenters. The van der Waals surface area contributed by atoms with Gasteiger partial charge in [0.1, 0.15) is 6.61 Å². The topological polar surface area (TPSA) is 116 Å². The Kier molecular flexibility index (Phi) is 9.50. The number of ether oxygens (including phenoxy) is 1. The van der Waals surface area contributed by atoms with Crippen LogP contribution in [0.1, 0.15) is 34.6 Å². The van der Waals surface area contributed by atoms with Gasteiger partial charge in [-0.1, -0.05) is 0 Å². The summed E-state index contributed by atoms with van der Waals surface area (Å²) in [6.45, 7) is 7.64. The summed E-state index contributed by atoms with van der Waals surface area (Å²) in [6.07, 6.45) is 2.37. The van der Waals surface area contributed by atoms with E-state index in [0.717, 1.165) is 6.26 Å². The molecule has 0 aliphatic heterocycles. The third-order valence-electron chi connectivity index (χ3n) is 2.18. The van der Waals surface area contributed by atoms with E-state index >= 15 is 0 Å². The molecule has 0 radical (unpaired) electrons. The van der Waals surface area contributed by atoms with Gasteiger partial charge in [0.25, 0.3) is 0 Å². The number of aliphatic hydroxyl groups is 2. The van der Waals surface area contributed by atoms with Gasteiger partial charge < -0.3 is 29.7 Å². The van der Waals surface area contributed by atoms with Crippen molar-refractivity contribution in [3.8, 4) is 0 Å². The van der Waals surface area contributed by atoms with Crippen LogP contribution in [-0.2, 0) is 14.2 Å². The maximum atomic E-state index is 10.1. The molecule has 0 rings (SSSR count). The van der Waals surface area contributed by atoms with Crippen LogP contribution in [0.4, 0.5) is 0 Å². The Morgan fingerprint density at radius 1 is 1.16 bits per heavy atom. The fourth-order valence-corrected chi connectivity index (χ4v) is 0.331. The van der Waals surface area contributed by atoms with Crippen LogP contribution in [0.15, 0.2) is 12.3 Å². The number of carbonyl (C=O) groups excluding carboxylic acids is 1. The zero-order valence-electron chi connectivity index (χ0n) is 12.0. The second kappa shape index (κ2) is 8.92. The minimum atomic E-state index is -1.83. The van der Waals surface area contributed by atoms with E-state index in [4.69, 9.17) is 20.3 Å². The molecule has 0 unspecified atom stereocenters. The van der Waals surface area contributed by atoms with E-state index in [1.165, 1.54) is 13.0 Å². The molecule has 0 saturated heterocycles. The summed E-state index contributed by atoms with van der Waals surface area (Å²) in [5.41, 5.74) is -2.01. The molecular formula is C11H23BO7. The van der Waals surface area contributed by atoms with Gasteiger partial charge in [0, 0.05) is 6.92 Å². The van der Waals surface area contributed by atoms with E-state index in [0.29, 0.717) is 0 Å². The SMILES string of the molecule is CC(=O)OCC=COB(O)O.CC(C)(O)C(C)(C)O. The van der Waals surface area contributed by atoms with Crippen LogP contribution >= 0.6 is 0 Å². The predicted octanol–water partition coefficient (Wildman–Crippen LogP) is -0.423. The molecule has 0 bridgehead atoms. The van der Waals surface area contributed by atoms with Crippen LogP contribution in [0.2, 0.25) is 0 Å². The van der Waals surface area contributed by atoms with Gasteiger partial charge in [-0.2, -0.15) is 0 Å². The normalized spacial score (nSPS) is 11.6. The van der Waals surface area contributed by atoms with Gasteiger partial charge in [-0.25, -0.2) is 0 Å². The van der Waals surface area contributed by atoms with E-state index in [-0.39, 0.29) is 6.61 Å². The summed E-state index contributed by atoms with van der Waals surface area (Å²) in [5.74, 6) is -0.404. The largest absolute Gasteiger partial charge is 0.707 e. The van der Waals surface area contributed by atoms with E-state index in [1.54, 1.807) is 27.7 Å². The van der Waals surface area contributed by atoms with Crippen molar-refractivity contribution in [1.82, 2.24) is 0 Å². The van der Waals surface area contributed by atoms with E-state index in [1.807, 2.05) is 0 Å². The highest BCUT2D eigenvalue weighted by atomic mass is 16.6. The zero-order chi connectivity index (χ0) is 15.7. The lowest BCUT2D eigenvalue weighted by molar-refractivity contribution is -0.139. The zero-order valence-corrected chi connectivity index (χ0v) is 12.0. The van der Waals surface area contributed by atoms with Gasteiger partial charge in [0.15, 0.2) is 0 Å². The number of hydrogen-bond acceptors (Lipinski definition) is 7. The van der Waals surface area contributed by atoms with Crippen molar-refractivity contribution in [1.29, 1.82) is 0 Å². The van der Waals surface area contributed by atoms with Crippen LogP contribution in [0, 0.1) is 0 Å². The van der Waals surface area contributed by atoms with Gasteiger partial charge in [0.05, 0.1) is 17.5 Å². The fourth-order valence-electron chi connectivity index (χ4n) is 0.331. The minimum Gasteiger partial charge on any atom is -0.519 e. The van der Waals surface area contributed by atoms with E-state index in [9.17, 15) is 4.79 Å². The van der Waals surface area contributed by atoms with Crippen molar-refractivity contribution >= 4 is 13.3 Å². The first-order valence-corrected chi connectivity index (χ1v) is 5.62. The summed E-state index contributed by atoms with van der Waals surface area (Å²) >= 11 is 0. The molecule has 0 aliphatic rings. The third kappa shape index (κ3) is 14.9. The van der Waals surface area contributed by atoms with E-state index in [2.05, 4.69) is 9.39 Å². The highest BCUT2D eigenvalue weighted by molar-refractivity contribution is 6.32. The second-order valence-electron chi connectivity index (χ2n) is 4.75. The summed E-state index contributed by atoms with van der Waals surface area (Å²) in [6, 6.07) is 0. The summed E-state index contributed by atoms with van der Waals surface area (Å²) < 4.78 is 8.62. The molecule has 0 spiro atoms. The average Bonchev–Trinajstić information content (AvgIpc) is 2.13. The molecule has 0 amide bonds. The molecule has 0 aromatic carbocycles. The summed E-state index contributed by atoms with van der Waals surface area (Å²) in [7, 11) is -1.83. The fraction of sp³-hybridized carbons (Fsp3) is 0.727. The second-order valence-corrected chi connectivity index (χ2v) is 4.75. The Hall–Kier alpha value is -1.09. The lowest BCUT2D eigenvalue weighted by atomic mass is 9.90. The molecule has 0 fully saturated rings. The summed E-state index contributed by atoms with van der Waals surface area (Å²) in [5, 5.41) is 34.5. The van der Waals surface area contributed by atoms with Crippen molar-refractivity contribution < 1.29 is 34.4 Å². The molecule has 0 saturated carbocycles. The first kappa shape index (κ1) is 20.2. The number of carbonyl (C=O) groups is 1. The van der Waals surface area contributed by atoms with Crippen molar-refractivity contribution in [2.45, 2.75) is 45.8 Å². The summed E-state index contributed by atoms with van der Waals surface area (Å²) in [4.78, 5) is 10.1. The van der Waals surface area contributed by atoms with Crippen molar-refractivity contribution in [3.05, 3.63) is 12.3 Å². The first-order valence-electron chi connectivity index (χ1n) is 5.62. The third-order valence-corrected chi connectivity index (χ3v) is 2.18. The minimum absolute atomic E-state index is 0.0576. The smallest absolute Gasteiger partial charge is 0.519 e. The van der Waals surface area contributed by atoms with Gasteiger partial charge >= 0.3 is 13.3 Å². The molecule has 0 aliphatic carbocycles. The molecule has 0 aromatic rings. The Morgan fingerprint density at radius 2 is 1.58 bits per heavy atom. The Balaban J connectivity index is 0. The lowest BCUT2D eigenvalue weighted by Gasteiger charge is -2.31. The maximum Gasteiger partial charge on any atom is 0.707 e. The molecule has 19 heavy (non-hydrogen) atoms. The molecule has 7 nitrogen and oxygen atoms in total. The van der Waals surface area contributed by atoms with Crippen LogP contribution in [0.5, 0.6) is 0 Å². The Morgan fingerprint density at radius 3 is 1.84 bits per heavy atom. The predicted molar refractivity (Wildman–Crippen MR) is 69.6 cm³/mol. The number of rotatable bonds is 5. The molecule has 0 aromatic heterocycles. The molecule has 112 valence electrons. The average molecular weight is 278 g/mol. The number of esters is 1. The van der Waals surface area contributed by atoms with Gasteiger partial charge in [0.2, 0.25) is 0 Å². The lowest BCUT2D eigenvalue weighted by Crippen LogP contribution is -2.44. The van der Waals surface area contributed by atoms with Gasteiger partial charge in [-0.05, 0) is 33.8 Å². The van der Waals surface area contributed by atoms with Crippen molar-refractivity contribution in [2.24, 2.45) is 0 Å².